The first-order chi connectivity index (χ1) is 14.1. The molecule has 0 aromatic carbocycles. The number of hydrogen-bond acceptors (Lipinski definition) is 7. The van der Waals surface area contributed by atoms with Crippen molar-refractivity contribution in [2.75, 3.05) is 18.8 Å². The molecule has 2 aliphatic heterocycles. The molecule has 0 saturated carbocycles. The lowest BCUT2D eigenvalue weighted by Gasteiger charge is -2.32. The molecular formula is C18H20F3N5O3S. The van der Waals surface area contributed by atoms with Gasteiger partial charge in [-0.3, -0.25) is 14.2 Å². The molecule has 4 heterocycles. The highest BCUT2D eigenvalue weighted by Crippen LogP contribution is 2.35. The number of amides is 1. The number of hydrogen-bond donors (Lipinski definition) is 0. The first kappa shape index (κ1) is 20.9. The fourth-order valence-electron chi connectivity index (χ4n) is 3.77. The van der Waals surface area contributed by atoms with Crippen LogP contribution in [0.1, 0.15) is 54.3 Å². The SMILES string of the molecule is Cc1nc2n(c(=O)c1C)C(CC(=O)N1CCCC(c3nnc(C(F)(F)F)o3)C1)CS2. The summed E-state index contributed by atoms with van der Waals surface area (Å²) >= 11 is 1.45. The highest BCUT2D eigenvalue weighted by atomic mass is 32.2. The molecule has 4 rings (SSSR count). The summed E-state index contributed by atoms with van der Waals surface area (Å²) in [5.41, 5.74) is 1.11. The third-order valence-electron chi connectivity index (χ3n) is 5.54. The van der Waals surface area contributed by atoms with Gasteiger partial charge in [0, 0.05) is 36.5 Å². The number of likely N-dealkylation sites (tertiary alicyclic amines) is 1. The molecule has 1 fully saturated rings. The number of carbonyl (C=O) groups is 1. The van der Waals surface area contributed by atoms with Crippen LogP contribution in [0.4, 0.5) is 13.2 Å². The predicted octanol–water partition coefficient (Wildman–Crippen LogP) is 2.71. The third kappa shape index (κ3) is 3.84. The molecule has 2 atom stereocenters. The molecule has 2 aromatic heterocycles. The first-order valence-electron chi connectivity index (χ1n) is 9.56. The van der Waals surface area contributed by atoms with Crippen LogP contribution in [0.3, 0.4) is 0 Å². The Morgan fingerprint density at radius 2 is 2.07 bits per heavy atom. The van der Waals surface area contributed by atoms with E-state index in [4.69, 9.17) is 4.42 Å². The van der Waals surface area contributed by atoms with E-state index >= 15 is 0 Å². The van der Waals surface area contributed by atoms with E-state index in [2.05, 4.69) is 15.2 Å². The lowest BCUT2D eigenvalue weighted by molar-refractivity contribution is -0.157. The monoisotopic (exact) mass is 443 g/mol. The van der Waals surface area contributed by atoms with Crippen molar-refractivity contribution in [2.45, 2.75) is 56.4 Å². The maximum Gasteiger partial charge on any atom is 0.470 e. The van der Waals surface area contributed by atoms with Gasteiger partial charge in [-0.1, -0.05) is 11.8 Å². The van der Waals surface area contributed by atoms with E-state index in [0.717, 1.165) is 0 Å². The van der Waals surface area contributed by atoms with Crippen LogP contribution in [0.25, 0.3) is 0 Å². The molecule has 0 radical (unpaired) electrons. The largest absolute Gasteiger partial charge is 0.470 e. The lowest BCUT2D eigenvalue weighted by atomic mass is 9.97. The molecule has 0 N–H and O–H groups in total. The van der Waals surface area contributed by atoms with Gasteiger partial charge in [0.2, 0.25) is 11.8 Å². The van der Waals surface area contributed by atoms with Crippen LogP contribution in [-0.2, 0) is 11.0 Å². The Kier molecular flexibility index (Phi) is 5.37. The summed E-state index contributed by atoms with van der Waals surface area (Å²) in [6.07, 6.45) is -3.38. The Labute approximate surface area is 173 Å². The van der Waals surface area contributed by atoms with Crippen molar-refractivity contribution in [3.8, 4) is 0 Å². The van der Waals surface area contributed by atoms with E-state index in [-0.39, 0.29) is 36.4 Å². The highest BCUT2D eigenvalue weighted by Gasteiger charge is 2.40. The van der Waals surface area contributed by atoms with Crippen LogP contribution >= 0.6 is 11.8 Å². The van der Waals surface area contributed by atoms with Crippen LogP contribution < -0.4 is 5.56 Å². The third-order valence-corrected chi connectivity index (χ3v) is 6.64. The van der Waals surface area contributed by atoms with Gasteiger partial charge >= 0.3 is 12.1 Å². The normalized spacial score (nSPS) is 21.7. The molecule has 2 unspecified atom stereocenters. The molecule has 2 aliphatic rings. The minimum Gasteiger partial charge on any atom is -0.417 e. The average Bonchev–Trinajstić information content (AvgIpc) is 3.34. The summed E-state index contributed by atoms with van der Waals surface area (Å²) in [6.45, 7) is 4.22. The summed E-state index contributed by atoms with van der Waals surface area (Å²) in [7, 11) is 0. The summed E-state index contributed by atoms with van der Waals surface area (Å²) in [6, 6.07) is -0.294. The summed E-state index contributed by atoms with van der Waals surface area (Å²) < 4.78 is 44.5. The number of rotatable bonds is 3. The second-order valence-electron chi connectivity index (χ2n) is 7.57. The van der Waals surface area contributed by atoms with Crippen LogP contribution in [-0.4, -0.2) is 49.4 Å². The zero-order valence-corrected chi connectivity index (χ0v) is 17.2. The maximum atomic E-state index is 12.9. The number of aryl methyl sites for hydroxylation is 1. The zero-order valence-electron chi connectivity index (χ0n) is 16.4. The topological polar surface area (TPSA) is 94.1 Å². The maximum absolute atomic E-state index is 12.9. The quantitative estimate of drug-likeness (QED) is 0.674. The molecule has 8 nitrogen and oxygen atoms in total. The van der Waals surface area contributed by atoms with Crippen molar-refractivity contribution in [3.63, 3.8) is 0 Å². The van der Waals surface area contributed by atoms with Crippen molar-refractivity contribution < 1.29 is 22.4 Å². The van der Waals surface area contributed by atoms with Gasteiger partial charge in [-0.2, -0.15) is 13.2 Å². The van der Waals surface area contributed by atoms with Crippen molar-refractivity contribution in [3.05, 3.63) is 33.4 Å². The van der Waals surface area contributed by atoms with Crippen molar-refractivity contribution in [2.24, 2.45) is 0 Å². The van der Waals surface area contributed by atoms with Crippen molar-refractivity contribution in [1.82, 2.24) is 24.6 Å². The van der Waals surface area contributed by atoms with Crippen LogP contribution in [0.5, 0.6) is 0 Å². The Bertz CT molecular complexity index is 1040. The van der Waals surface area contributed by atoms with Crippen LogP contribution in [0, 0.1) is 13.8 Å². The molecule has 0 aliphatic carbocycles. The Morgan fingerprint density at radius 3 is 2.77 bits per heavy atom. The fourth-order valence-corrected chi connectivity index (χ4v) is 4.95. The summed E-state index contributed by atoms with van der Waals surface area (Å²) in [5, 5.41) is 7.22. The van der Waals surface area contributed by atoms with E-state index < -0.39 is 18.0 Å². The van der Waals surface area contributed by atoms with E-state index in [9.17, 15) is 22.8 Å². The standard InChI is InChI=1S/C18H20F3N5O3S/c1-9-10(2)22-17-26(15(9)28)12(8-30-17)6-13(27)25-5-3-4-11(7-25)14-23-24-16(29-14)18(19,20)21/h11-12H,3-8H2,1-2H3. The molecule has 30 heavy (non-hydrogen) atoms. The van der Waals surface area contributed by atoms with E-state index in [0.29, 0.717) is 41.6 Å². The van der Waals surface area contributed by atoms with Crippen molar-refractivity contribution >= 4 is 17.7 Å². The molecule has 162 valence electrons. The second kappa shape index (κ2) is 7.71. The van der Waals surface area contributed by atoms with Gasteiger partial charge in [-0.15, -0.1) is 10.2 Å². The van der Waals surface area contributed by atoms with Gasteiger partial charge in [0.15, 0.2) is 5.16 Å². The molecule has 0 bridgehead atoms. The van der Waals surface area contributed by atoms with Gasteiger partial charge in [-0.05, 0) is 26.7 Å². The van der Waals surface area contributed by atoms with Gasteiger partial charge in [-0.25, -0.2) is 4.98 Å². The summed E-state index contributed by atoms with van der Waals surface area (Å²) in [5.74, 6) is -1.50. The first-order valence-corrected chi connectivity index (χ1v) is 10.5. The number of piperidine rings is 1. The highest BCUT2D eigenvalue weighted by molar-refractivity contribution is 7.99. The Hall–Kier alpha value is -2.37. The number of halogens is 3. The summed E-state index contributed by atoms with van der Waals surface area (Å²) in [4.78, 5) is 31.6. The van der Waals surface area contributed by atoms with Crippen LogP contribution in [0.2, 0.25) is 0 Å². The zero-order chi connectivity index (χ0) is 21.6. The van der Waals surface area contributed by atoms with Crippen LogP contribution in [0.15, 0.2) is 14.4 Å². The Morgan fingerprint density at radius 1 is 1.30 bits per heavy atom. The predicted molar refractivity (Wildman–Crippen MR) is 100 cm³/mol. The van der Waals surface area contributed by atoms with Gasteiger partial charge in [0.05, 0.1) is 12.0 Å². The number of thioether (sulfide) groups is 1. The smallest absolute Gasteiger partial charge is 0.417 e. The minimum absolute atomic E-state index is 0.104. The molecule has 2 aromatic rings. The lowest BCUT2D eigenvalue weighted by Crippen LogP contribution is -2.40. The van der Waals surface area contributed by atoms with Crippen molar-refractivity contribution in [1.29, 1.82) is 0 Å². The number of alkyl halides is 3. The minimum atomic E-state index is -4.69. The van der Waals surface area contributed by atoms with Gasteiger partial charge < -0.3 is 9.32 Å². The molecule has 1 amide bonds. The second-order valence-corrected chi connectivity index (χ2v) is 8.56. The molecule has 1 saturated heterocycles. The number of nitrogens with zero attached hydrogens (tertiary/aromatic N) is 5. The Balaban J connectivity index is 1.46. The van der Waals surface area contributed by atoms with Gasteiger partial charge in [0.1, 0.15) is 0 Å². The number of aromatic nitrogens is 4. The van der Waals surface area contributed by atoms with E-state index in [1.54, 1.807) is 23.3 Å². The molecule has 12 heteroatoms. The molecule has 0 spiro atoms. The fraction of sp³-hybridized carbons (Fsp3) is 0.611. The number of carbonyl (C=O) groups excluding carboxylic acids is 1. The average molecular weight is 443 g/mol. The van der Waals surface area contributed by atoms with E-state index in [1.165, 1.54) is 11.8 Å². The molecular weight excluding hydrogens is 423 g/mol. The van der Waals surface area contributed by atoms with E-state index in [1.807, 2.05) is 0 Å². The number of fused-ring (bicyclic) bond motifs is 1. The van der Waals surface area contributed by atoms with Gasteiger partial charge in [0.25, 0.3) is 5.56 Å².